The molecule has 0 fully saturated rings. The molecule has 0 saturated carbocycles. The zero-order valence-electron chi connectivity index (χ0n) is 9.35. The number of ether oxygens (including phenoxy) is 1. The molecule has 0 radical (unpaired) electrons. The maximum atomic E-state index is 10.3. The van der Waals surface area contributed by atoms with E-state index in [-0.39, 0.29) is 12.6 Å². The van der Waals surface area contributed by atoms with Crippen LogP contribution in [0.4, 0.5) is 0 Å². The average molecular weight is 223 g/mol. The van der Waals surface area contributed by atoms with Crippen LogP contribution in [-0.4, -0.2) is 30.3 Å². The predicted molar refractivity (Wildman–Crippen MR) is 61.2 cm³/mol. The van der Waals surface area contributed by atoms with Crippen LogP contribution in [0.3, 0.4) is 0 Å². The van der Waals surface area contributed by atoms with Crippen molar-refractivity contribution in [1.82, 2.24) is 5.32 Å². The first-order chi connectivity index (χ1) is 7.68. The topological polar surface area (TPSA) is 58.6 Å². The van der Waals surface area contributed by atoms with Crippen molar-refractivity contribution in [3.05, 3.63) is 35.9 Å². The number of hydrogen-bond donors (Lipinski definition) is 2. The number of rotatable bonds is 7. The first-order valence-corrected chi connectivity index (χ1v) is 5.25. The number of carboxylic acid groups (broad SMARTS) is 1. The van der Waals surface area contributed by atoms with Crippen molar-refractivity contribution in [2.45, 2.75) is 19.6 Å². The van der Waals surface area contributed by atoms with Gasteiger partial charge in [0.2, 0.25) is 0 Å². The van der Waals surface area contributed by atoms with Gasteiger partial charge in [0.05, 0.1) is 19.8 Å². The lowest BCUT2D eigenvalue weighted by molar-refractivity contribution is -0.136. The quantitative estimate of drug-likeness (QED) is 0.730. The average Bonchev–Trinajstić information content (AvgIpc) is 2.28. The highest BCUT2D eigenvalue weighted by atomic mass is 16.5. The molecule has 0 aliphatic carbocycles. The Kier molecular flexibility index (Phi) is 5.53. The van der Waals surface area contributed by atoms with Gasteiger partial charge in [-0.3, -0.25) is 4.79 Å². The van der Waals surface area contributed by atoms with E-state index in [1.165, 1.54) is 0 Å². The minimum Gasteiger partial charge on any atom is -0.480 e. The van der Waals surface area contributed by atoms with E-state index in [0.717, 1.165) is 5.56 Å². The lowest BCUT2D eigenvalue weighted by atomic mass is 10.2. The van der Waals surface area contributed by atoms with Crippen LogP contribution < -0.4 is 5.32 Å². The Morgan fingerprint density at radius 1 is 1.44 bits per heavy atom. The number of hydrogen-bond acceptors (Lipinski definition) is 3. The minimum absolute atomic E-state index is 0.0319. The third-order valence-corrected chi connectivity index (χ3v) is 2.08. The van der Waals surface area contributed by atoms with E-state index in [1.807, 2.05) is 37.3 Å². The molecule has 1 aromatic rings. The van der Waals surface area contributed by atoms with Crippen LogP contribution in [0.2, 0.25) is 0 Å². The van der Waals surface area contributed by atoms with E-state index in [2.05, 4.69) is 5.32 Å². The molecule has 1 aromatic carbocycles. The Hall–Kier alpha value is -1.39. The third-order valence-electron chi connectivity index (χ3n) is 2.08. The Bertz CT molecular complexity index is 313. The summed E-state index contributed by atoms with van der Waals surface area (Å²) >= 11 is 0. The third kappa shape index (κ3) is 5.48. The molecule has 16 heavy (non-hydrogen) atoms. The summed E-state index contributed by atoms with van der Waals surface area (Å²) in [5, 5.41) is 11.3. The second-order valence-corrected chi connectivity index (χ2v) is 3.68. The fraction of sp³-hybridized carbons (Fsp3) is 0.417. The van der Waals surface area contributed by atoms with Crippen molar-refractivity contribution in [1.29, 1.82) is 0 Å². The maximum Gasteiger partial charge on any atom is 0.317 e. The Balaban J connectivity index is 2.13. The van der Waals surface area contributed by atoms with Crippen molar-refractivity contribution in [2.75, 3.05) is 13.2 Å². The molecule has 4 heteroatoms. The van der Waals surface area contributed by atoms with Crippen molar-refractivity contribution in [3.63, 3.8) is 0 Å². The van der Waals surface area contributed by atoms with Gasteiger partial charge in [-0.05, 0) is 12.5 Å². The van der Waals surface area contributed by atoms with Crippen LogP contribution in [0, 0.1) is 0 Å². The van der Waals surface area contributed by atoms with E-state index in [1.54, 1.807) is 0 Å². The van der Waals surface area contributed by atoms with Gasteiger partial charge in [0.15, 0.2) is 0 Å². The summed E-state index contributed by atoms with van der Waals surface area (Å²) in [5.41, 5.74) is 1.12. The smallest absolute Gasteiger partial charge is 0.317 e. The monoisotopic (exact) mass is 223 g/mol. The fourth-order valence-electron chi connectivity index (χ4n) is 1.25. The van der Waals surface area contributed by atoms with Gasteiger partial charge in [0, 0.05) is 6.04 Å². The molecule has 0 bridgehead atoms. The molecule has 0 amide bonds. The van der Waals surface area contributed by atoms with Crippen molar-refractivity contribution in [3.8, 4) is 0 Å². The van der Waals surface area contributed by atoms with E-state index in [0.29, 0.717) is 13.2 Å². The van der Waals surface area contributed by atoms with Crippen molar-refractivity contribution in [2.24, 2.45) is 0 Å². The summed E-state index contributed by atoms with van der Waals surface area (Å²) in [6.45, 7) is 2.92. The number of aliphatic carboxylic acids is 1. The molecule has 88 valence electrons. The first kappa shape index (κ1) is 12.7. The molecule has 0 saturated heterocycles. The van der Waals surface area contributed by atoms with Gasteiger partial charge < -0.3 is 15.2 Å². The summed E-state index contributed by atoms with van der Waals surface area (Å²) in [6.07, 6.45) is 0. The summed E-state index contributed by atoms with van der Waals surface area (Å²) in [5.74, 6) is -0.852. The number of benzene rings is 1. The normalized spacial score (nSPS) is 12.3. The Morgan fingerprint density at radius 2 is 2.12 bits per heavy atom. The number of nitrogens with one attached hydrogen (secondary N) is 1. The van der Waals surface area contributed by atoms with Crippen LogP contribution >= 0.6 is 0 Å². The van der Waals surface area contributed by atoms with Gasteiger partial charge in [-0.15, -0.1) is 0 Å². The molecule has 4 nitrogen and oxygen atoms in total. The SMILES string of the molecule is CC(COCc1ccccc1)NCC(=O)O. The highest BCUT2D eigenvalue weighted by molar-refractivity contribution is 5.69. The fourth-order valence-corrected chi connectivity index (χ4v) is 1.25. The summed E-state index contributed by atoms with van der Waals surface area (Å²) < 4.78 is 5.46. The molecule has 1 rings (SSSR count). The molecule has 0 aliphatic heterocycles. The van der Waals surface area contributed by atoms with Crippen LogP contribution in [-0.2, 0) is 16.1 Å². The first-order valence-electron chi connectivity index (χ1n) is 5.25. The van der Waals surface area contributed by atoms with Crippen molar-refractivity contribution < 1.29 is 14.6 Å². The number of carbonyl (C=O) groups is 1. The predicted octanol–water partition coefficient (Wildman–Crippen LogP) is 1.27. The summed E-state index contributed by atoms with van der Waals surface area (Å²) in [6, 6.07) is 9.92. The van der Waals surface area contributed by atoms with Crippen molar-refractivity contribution >= 4 is 5.97 Å². The van der Waals surface area contributed by atoms with E-state index >= 15 is 0 Å². The van der Waals surface area contributed by atoms with Gasteiger partial charge in [-0.25, -0.2) is 0 Å². The van der Waals surface area contributed by atoms with Crippen LogP contribution in [0.1, 0.15) is 12.5 Å². The zero-order chi connectivity index (χ0) is 11.8. The molecule has 1 atom stereocenters. The zero-order valence-corrected chi connectivity index (χ0v) is 9.35. The summed E-state index contributed by atoms with van der Waals surface area (Å²) in [7, 11) is 0. The van der Waals surface area contributed by atoms with E-state index in [9.17, 15) is 4.79 Å². The van der Waals surface area contributed by atoms with Crippen LogP contribution in [0.5, 0.6) is 0 Å². The van der Waals surface area contributed by atoms with E-state index < -0.39 is 5.97 Å². The van der Waals surface area contributed by atoms with Gasteiger partial charge in [0.25, 0.3) is 0 Å². The molecule has 0 spiro atoms. The second kappa shape index (κ2) is 6.98. The van der Waals surface area contributed by atoms with E-state index in [4.69, 9.17) is 9.84 Å². The lowest BCUT2D eigenvalue weighted by Gasteiger charge is -2.12. The molecule has 0 aliphatic rings. The lowest BCUT2D eigenvalue weighted by Crippen LogP contribution is -2.34. The Morgan fingerprint density at radius 3 is 2.75 bits per heavy atom. The largest absolute Gasteiger partial charge is 0.480 e. The molecule has 0 aromatic heterocycles. The molecular weight excluding hydrogens is 206 g/mol. The minimum atomic E-state index is -0.852. The van der Waals surface area contributed by atoms with Gasteiger partial charge >= 0.3 is 5.97 Å². The Labute approximate surface area is 95.2 Å². The van der Waals surface area contributed by atoms with Crippen LogP contribution in [0.25, 0.3) is 0 Å². The number of carboxylic acids is 1. The summed E-state index contributed by atoms with van der Waals surface area (Å²) in [4.78, 5) is 10.3. The molecule has 0 heterocycles. The molecule has 1 unspecified atom stereocenters. The highest BCUT2D eigenvalue weighted by Crippen LogP contribution is 2.00. The van der Waals surface area contributed by atoms with Gasteiger partial charge in [0.1, 0.15) is 0 Å². The van der Waals surface area contributed by atoms with Gasteiger partial charge in [-0.2, -0.15) is 0 Å². The van der Waals surface area contributed by atoms with Crippen LogP contribution in [0.15, 0.2) is 30.3 Å². The second-order valence-electron chi connectivity index (χ2n) is 3.68. The molecular formula is C12H17NO3. The van der Waals surface area contributed by atoms with Gasteiger partial charge in [-0.1, -0.05) is 30.3 Å². The molecule has 2 N–H and O–H groups in total. The highest BCUT2D eigenvalue weighted by Gasteiger charge is 2.03. The standard InChI is InChI=1S/C12H17NO3/c1-10(13-7-12(14)15)8-16-9-11-5-3-2-4-6-11/h2-6,10,13H,7-9H2,1H3,(H,14,15). The maximum absolute atomic E-state index is 10.3.